The molecule has 0 aromatic heterocycles. The van der Waals surface area contributed by atoms with Crippen molar-refractivity contribution in [2.45, 2.75) is 24.5 Å². The summed E-state index contributed by atoms with van der Waals surface area (Å²) in [5.41, 5.74) is 0.721. The third-order valence-corrected chi connectivity index (χ3v) is 5.04. The highest BCUT2D eigenvalue weighted by Crippen LogP contribution is 2.13. The predicted octanol–water partition coefficient (Wildman–Crippen LogP) is 2.50. The number of rotatable bonds is 8. The van der Waals surface area contributed by atoms with Gasteiger partial charge >= 0.3 is 5.97 Å². The lowest BCUT2D eigenvalue weighted by Crippen LogP contribution is -2.35. The number of carbonyl (C=O) groups excluding carboxylic acids is 1. The van der Waals surface area contributed by atoms with Crippen LogP contribution in [0.4, 0.5) is 4.39 Å². The number of esters is 1. The molecule has 2 aromatic rings. The van der Waals surface area contributed by atoms with Crippen molar-refractivity contribution in [3.05, 3.63) is 65.5 Å². The molecule has 8 heteroatoms. The zero-order valence-electron chi connectivity index (χ0n) is 14.4. The minimum Gasteiger partial charge on any atom is -0.457 e. The molecule has 2 aromatic carbocycles. The van der Waals surface area contributed by atoms with Crippen LogP contribution in [-0.2, 0) is 26.1 Å². The van der Waals surface area contributed by atoms with Crippen LogP contribution in [0.25, 0.3) is 0 Å². The number of hydrogen-bond acceptors (Lipinski definition) is 5. The Bertz CT molecular complexity index is 852. The molecular weight excluding hydrogens is 361 g/mol. The van der Waals surface area contributed by atoms with E-state index in [9.17, 15) is 17.6 Å². The van der Waals surface area contributed by atoms with Crippen molar-refractivity contribution < 1.29 is 27.1 Å². The van der Waals surface area contributed by atoms with Crippen LogP contribution in [0.2, 0.25) is 0 Å². The summed E-state index contributed by atoms with van der Waals surface area (Å²) in [4.78, 5) is 12.1. The van der Waals surface area contributed by atoms with E-state index < -0.39 is 21.8 Å². The topological polar surface area (TPSA) is 81.7 Å². The third-order valence-electron chi connectivity index (χ3n) is 3.43. The molecule has 0 saturated carbocycles. The Morgan fingerprint density at radius 3 is 2.50 bits per heavy atom. The normalized spacial score (nSPS) is 12.6. The number of benzene rings is 2. The average molecular weight is 381 g/mol. The first-order chi connectivity index (χ1) is 12.3. The molecule has 0 aliphatic carbocycles. The molecule has 0 unspecified atom stereocenters. The molecule has 0 fully saturated rings. The molecule has 0 aliphatic heterocycles. The van der Waals surface area contributed by atoms with Gasteiger partial charge in [-0.3, -0.25) is 0 Å². The van der Waals surface area contributed by atoms with E-state index in [0.29, 0.717) is 5.56 Å². The molecule has 0 saturated heterocycles. The fourth-order valence-corrected chi connectivity index (χ4v) is 3.47. The maximum Gasteiger partial charge on any atom is 0.338 e. The number of methoxy groups -OCH3 is 1. The number of halogens is 1. The first kappa shape index (κ1) is 20.0. The molecule has 0 spiro atoms. The van der Waals surface area contributed by atoms with Crippen molar-refractivity contribution in [3.8, 4) is 0 Å². The monoisotopic (exact) mass is 381 g/mol. The highest BCUT2D eigenvalue weighted by Gasteiger charge is 2.18. The Balaban J connectivity index is 2.00. The standard InChI is InChI=1S/C18H20FNO5S/c1-13(11-24-2)20-26(22,23)17-8-6-15(7-9-17)18(21)25-12-14-4-3-5-16(19)10-14/h3-10,13,20H,11-12H2,1-2H3/t13-/m1/s1. The molecule has 6 nitrogen and oxygen atoms in total. The van der Waals surface area contributed by atoms with Crippen LogP contribution in [0.3, 0.4) is 0 Å². The Hall–Kier alpha value is -2.29. The van der Waals surface area contributed by atoms with Crippen LogP contribution in [0, 0.1) is 5.82 Å². The minimum atomic E-state index is -3.71. The van der Waals surface area contributed by atoms with Gasteiger partial charge in [-0.15, -0.1) is 0 Å². The SMILES string of the molecule is COC[C@@H](C)NS(=O)(=O)c1ccc(C(=O)OCc2cccc(F)c2)cc1. The highest BCUT2D eigenvalue weighted by molar-refractivity contribution is 7.89. The third kappa shape index (κ3) is 5.62. The summed E-state index contributed by atoms with van der Waals surface area (Å²) in [6.45, 7) is 1.84. The molecule has 1 atom stereocenters. The van der Waals surface area contributed by atoms with Gasteiger partial charge in [0.25, 0.3) is 0 Å². The quantitative estimate of drug-likeness (QED) is 0.711. The van der Waals surface area contributed by atoms with Crippen molar-refractivity contribution in [1.82, 2.24) is 4.72 Å². The summed E-state index contributed by atoms with van der Waals surface area (Å²) in [5, 5.41) is 0. The van der Waals surface area contributed by atoms with Crippen LogP contribution in [0.15, 0.2) is 53.4 Å². The molecule has 1 N–H and O–H groups in total. The first-order valence-corrected chi connectivity index (χ1v) is 9.33. The second-order valence-electron chi connectivity index (χ2n) is 5.71. The van der Waals surface area contributed by atoms with Crippen molar-refractivity contribution in [2.75, 3.05) is 13.7 Å². The van der Waals surface area contributed by atoms with Crippen molar-refractivity contribution in [3.63, 3.8) is 0 Å². The van der Waals surface area contributed by atoms with Crippen molar-refractivity contribution in [2.24, 2.45) is 0 Å². The fourth-order valence-electron chi connectivity index (χ4n) is 2.25. The minimum absolute atomic E-state index is 0.0298. The predicted molar refractivity (Wildman–Crippen MR) is 93.6 cm³/mol. The molecular formula is C18H20FNO5S. The van der Waals surface area contributed by atoms with Crippen LogP contribution in [0.5, 0.6) is 0 Å². The van der Waals surface area contributed by atoms with E-state index in [1.165, 1.54) is 49.6 Å². The zero-order chi connectivity index (χ0) is 19.2. The van der Waals surface area contributed by atoms with Gasteiger partial charge < -0.3 is 9.47 Å². The van der Waals surface area contributed by atoms with Gasteiger partial charge in [0.15, 0.2) is 0 Å². The second-order valence-corrected chi connectivity index (χ2v) is 7.42. The van der Waals surface area contributed by atoms with Gasteiger partial charge in [0.1, 0.15) is 12.4 Å². The smallest absolute Gasteiger partial charge is 0.338 e. The number of ether oxygens (including phenoxy) is 2. The molecule has 0 amide bonds. The summed E-state index contributed by atoms with van der Waals surface area (Å²) in [6, 6.07) is 10.7. The number of hydrogen-bond donors (Lipinski definition) is 1. The summed E-state index contributed by atoms with van der Waals surface area (Å²) in [6.07, 6.45) is 0. The summed E-state index contributed by atoms with van der Waals surface area (Å²) in [5.74, 6) is -1.04. The number of carbonyl (C=O) groups is 1. The van der Waals surface area contributed by atoms with Crippen molar-refractivity contribution in [1.29, 1.82) is 0 Å². The Morgan fingerprint density at radius 1 is 1.19 bits per heavy atom. The lowest BCUT2D eigenvalue weighted by molar-refractivity contribution is 0.0472. The molecule has 0 heterocycles. The Kier molecular flexibility index (Phi) is 6.84. The van der Waals surface area contributed by atoms with Crippen LogP contribution >= 0.6 is 0 Å². The molecule has 140 valence electrons. The van der Waals surface area contributed by atoms with Gasteiger partial charge in [0, 0.05) is 13.2 Å². The fraction of sp³-hybridized carbons (Fsp3) is 0.278. The maximum absolute atomic E-state index is 13.1. The van der Waals surface area contributed by atoms with E-state index in [1.807, 2.05) is 0 Å². The Labute approximate surface area is 152 Å². The van der Waals surface area contributed by atoms with E-state index in [2.05, 4.69) is 4.72 Å². The Morgan fingerprint density at radius 2 is 1.88 bits per heavy atom. The first-order valence-electron chi connectivity index (χ1n) is 7.84. The molecule has 0 bridgehead atoms. The second kappa shape index (κ2) is 8.88. The van der Waals surface area contributed by atoms with E-state index in [-0.39, 0.29) is 29.7 Å². The van der Waals surface area contributed by atoms with Gasteiger partial charge in [0.05, 0.1) is 17.1 Å². The molecule has 2 rings (SSSR count). The summed E-state index contributed by atoms with van der Waals surface area (Å²) in [7, 11) is -2.23. The lowest BCUT2D eigenvalue weighted by Gasteiger charge is -2.13. The average Bonchev–Trinajstić information content (AvgIpc) is 2.59. The van der Waals surface area contributed by atoms with Gasteiger partial charge in [-0.25, -0.2) is 22.3 Å². The van der Waals surface area contributed by atoms with Crippen LogP contribution in [-0.4, -0.2) is 34.1 Å². The highest BCUT2D eigenvalue weighted by atomic mass is 32.2. The van der Waals surface area contributed by atoms with Crippen LogP contribution < -0.4 is 4.72 Å². The maximum atomic E-state index is 13.1. The van der Waals surface area contributed by atoms with Crippen LogP contribution in [0.1, 0.15) is 22.8 Å². The lowest BCUT2D eigenvalue weighted by atomic mass is 10.2. The van der Waals surface area contributed by atoms with E-state index in [4.69, 9.17) is 9.47 Å². The van der Waals surface area contributed by atoms with Gasteiger partial charge in [-0.2, -0.15) is 0 Å². The largest absolute Gasteiger partial charge is 0.457 e. The van der Waals surface area contributed by atoms with E-state index in [1.54, 1.807) is 13.0 Å². The zero-order valence-corrected chi connectivity index (χ0v) is 15.3. The van der Waals surface area contributed by atoms with Gasteiger partial charge in [-0.1, -0.05) is 12.1 Å². The van der Waals surface area contributed by atoms with E-state index in [0.717, 1.165) is 0 Å². The molecule has 26 heavy (non-hydrogen) atoms. The summed E-state index contributed by atoms with van der Waals surface area (Å²) >= 11 is 0. The van der Waals surface area contributed by atoms with E-state index >= 15 is 0 Å². The van der Waals surface area contributed by atoms with Gasteiger partial charge in [-0.05, 0) is 48.9 Å². The number of nitrogens with one attached hydrogen (secondary N) is 1. The molecule has 0 radical (unpaired) electrons. The van der Waals surface area contributed by atoms with Crippen molar-refractivity contribution >= 4 is 16.0 Å². The van der Waals surface area contributed by atoms with Gasteiger partial charge in [0.2, 0.25) is 10.0 Å². The summed E-state index contributed by atoms with van der Waals surface area (Å²) < 4.78 is 50.0. The number of sulfonamides is 1. The molecule has 0 aliphatic rings.